The van der Waals surface area contributed by atoms with E-state index in [1.54, 1.807) is 7.05 Å². The highest BCUT2D eigenvalue weighted by molar-refractivity contribution is 5.65. The molecule has 0 saturated heterocycles. The molecular formula is C3H4N2. The van der Waals surface area contributed by atoms with Crippen LogP contribution in [0.2, 0.25) is 0 Å². The van der Waals surface area contributed by atoms with Crippen molar-refractivity contribution in [2.45, 2.75) is 0 Å². The minimum absolute atomic E-state index is 1.17. The fourth-order valence-corrected chi connectivity index (χ4v) is 0.0577. The lowest BCUT2D eigenvalue weighted by Gasteiger charge is -1.52. The van der Waals surface area contributed by atoms with Crippen LogP contribution in [0.5, 0.6) is 0 Å². The molecule has 0 aliphatic rings. The summed E-state index contributed by atoms with van der Waals surface area (Å²) in [4.78, 5) is 6.19. The predicted molar refractivity (Wildman–Crippen MR) is 21.0 cm³/mol. The van der Waals surface area contributed by atoms with Crippen molar-refractivity contribution in [1.82, 2.24) is 0 Å². The maximum Gasteiger partial charge on any atom is 0.228 e. The van der Waals surface area contributed by atoms with Gasteiger partial charge in [-0.3, -0.25) is 0 Å². The lowest BCUT2D eigenvalue weighted by molar-refractivity contribution is 1.48. The molecule has 2 nitrogen and oxygen atoms in total. The Balaban J connectivity index is 3.04. The van der Waals surface area contributed by atoms with Crippen LogP contribution >= 0.6 is 0 Å². The quantitative estimate of drug-likeness (QED) is 0.224. The van der Waals surface area contributed by atoms with E-state index in [1.165, 1.54) is 6.34 Å². The molecule has 26 valence electrons. The number of hydrogen-bond acceptors (Lipinski definition) is 1. The molecule has 0 rings (SSSR count). The van der Waals surface area contributed by atoms with Crippen molar-refractivity contribution in [1.29, 1.82) is 0 Å². The Labute approximate surface area is 31.0 Å². The molecule has 2 heteroatoms. The number of nitrogens with zero attached hydrogens (tertiary/aromatic N) is 2. The second-order valence-corrected chi connectivity index (χ2v) is 0.503. The largest absolute Gasteiger partial charge is 0.368 e. The zero-order chi connectivity index (χ0) is 4.12. The van der Waals surface area contributed by atoms with E-state index in [0.717, 1.165) is 0 Å². The molecule has 0 N–H and O–H groups in total. The molecule has 0 bridgehead atoms. The summed E-state index contributed by atoms with van der Waals surface area (Å²) < 4.78 is 0. The van der Waals surface area contributed by atoms with Crippen LogP contribution in [0.4, 0.5) is 0 Å². The normalized spacial score (nSPS) is 8.00. The molecule has 0 radical (unpaired) electrons. The van der Waals surface area contributed by atoms with Gasteiger partial charge >= 0.3 is 0 Å². The van der Waals surface area contributed by atoms with Crippen LogP contribution in [-0.4, -0.2) is 13.4 Å². The SMILES string of the molecule is [C-]#[N+]C=NC. The van der Waals surface area contributed by atoms with Crippen molar-refractivity contribution in [2.24, 2.45) is 4.99 Å². The van der Waals surface area contributed by atoms with Crippen molar-refractivity contribution >= 4 is 6.34 Å². The summed E-state index contributed by atoms with van der Waals surface area (Å²) in [5, 5.41) is 0. The maximum absolute atomic E-state index is 6.08. The van der Waals surface area contributed by atoms with Gasteiger partial charge in [0.25, 0.3) is 0 Å². The molecule has 0 aromatic rings. The molecule has 0 fully saturated rings. The van der Waals surface area contributed by atoms with Crippen LogP contribution in [0.25, 0.3) is 4.85 Å². The van der Waals surface area contributed by atoms with E-state index in [0.29, 0.717) is 0 Å². The summed E-state index contributed by atoms with van der Waals surface area (Å²) in [5.74, 6) is 0. The van der Waals surface area contributed by atoms with E-state index in [2.05, 4.69) is 9.84 Å². The van der Waals surface area contributed by atoms with Gasteiger partial charge in [0.05, 0.1) is 0 Å². The van der Waals surface area contributed by atoms with Gasteiger partial charge in [-0.1, -0.05) is 6.57 Å². The Morgan fingerprint density at radius 1 is 2.00 bits per heavy atom. The first-order chi connectivity index (χ1) is 2.41. The first-order valence-corrected chi connectivity index (χ1v) is 1.19. The second kappa shape index (κ2) is 3.16. The average molecular weight is 68.1 g/mol. The molecule has 0 unspecified atom stereocenters. The standard InChI is InChI=1S/C3H4N2/c1-4-3-5-2/h3H,1H3. The second-order valence-electron chi connectivity index (χ2n) is 0.503. The third kappa shape index (κ3) is 3.16. The molecule has 0 atom stereocenters. The van der Waals surface area contributed by atoms with E-state index in [1.807, 2.05) is 0 Å². The maximum atomic E-state index is 6.08. The van der Waals surface area contributed by atoms with Gasteiger partial charge in [-0.05, 0) is 0 Å². The van der Waals surface area contributed by atoms with Crippen LogP contribution < -0.4 is 0 Å². The Hall–Kier alpha value is -0.840. The Morgan fingerprint density at radius 2 is 2.60 bits per heavy atom. The highest BCUT2D eigenvalue weighted by Gasteiger charge is 1.44. The molecule has 5 heavy (non-hydrogen) atoms. The van der Waals surface area contributed by atoms with Crippen molar-refractivity contribution in [2.75, 3.05) is 7.05 Å². The molecular weight excluding hydrogens is 64.0 g/mol. The molecule has 0 aliphatic carbocycles. The van der Waals surface area contributed by atoms with Crippen molar-refractivity contribution in [3.05, 3.63) is 11.4 Å². The third-order valence-corrected chi connectivity index (χ3v) is 0.173. The van der Waals surface area contributed by atoms with Gasteiger partial charge in [-0.15, -0.1) is 0 Å². The zero-order valence-corrected chi connectivity index (χ0v) is 2.97. The summed E-state index contributed by atoms with van der Waals surface area (Å²) in [6.07, 6.45) is 1.17. The van der Waals surface area contributed by atoms with E-state index in [-0.39, 0.29) is 0 Å². The first-order valence-electron chi connectivity index (χ1n) is 1.19. The van der Waals surface area contributed by atoms with E-state index in [4.69, 9.17) is 6.57 Å². The summed E-state index contributed by atoms with van der Waals surface area (Å²) >= 11 is 0. The molecule has 0 amide bonds. The Morgan fingerprint density at radius 3 is 2.60 bits per heavy atom. The van der Waals surface area contributed by atoms with Crippen molar-refractivity contribution in [3.63, 3.8) is 0 Å². The van der Waals surface area contributed by atoms with Gasteiger partial charge in [0, 0.05) is 0 Å². The van der Waals surface area contributed by atoms with Gasteiger partial charge < -0.3 is 4.85 Å². The summed E-state index contributed by atoms with van der Waals surface area (Å²) in [7, 11) is 1.57. The topological polar surface area (TPSA) is 16.7 Å². The average Bonchev–Trinajstić information content (AvgIpc) is 1.41. The zero-order valence-electron chi connectivity index (χ0n) is 2.97. The van der Waals surface area contributed by atoms with Gasteiger partial charge in [-0.2, -0.15) is 4.99 Å². The van der Waals surface area contributed by atoms with Gasteiger partial charge in [0.1, 0.15) is 7.05 Å². The molecule has 0 heterocycles. The summed E-state index contributed by atoms with van der Waals surface area (Å²) in [6.45, 7) is 6.08. The predicted octanol–water partition coefficient (Wildman–Crippen LogP) is 0.564. The number of rotatable bonds is 0. The molecule has 0 saturated carbocycles. The first kappa shape index (κ1) is 4.16. The van der Waals surface area contributed by atoms with E-state index < -0.39 is 0 Å². The van der Waals surface area contributed by atoms with Gasteiger partial charge in [-0.25, -0.2) is 0 Å². The van der Waals surface area contributed by atoms with Crippen LogP contribution in [0.15, 0.2) is 4.99 Å². The van der Waals surface area contributed by atoms with E-state index >= 15 is 0 Å². The fraction of sp³-hybridized carbons (Fsp3) is 0.333. The van der Waals surface area contributed by atoms with Crippen molar-refractivity contribution in [3.8, 4) is 0 Å². The minimum atomic E-state index is 1.17. The molecule has 0 aromatic carbocycles. The Kier molecular flexibility index (Phi) is 2.63. The van der Waals surface area contributed by atoms with Gasteiger partial charge in [0.2, 0.25) is 6.34 Å². The lowest BCUT2D eigenvalue weighted by Crippen LogP contribution is -1.48. The summed E-state index contributed by atoms with van der Waals surface area (Å²) in [5.41, 5.74) is 0. The van der Waals surface area contributed by atoms with Crippen LogP contribution in [0.3, 0.4) is 0 Å². The molecule has 0 aliphatic heterocycles. The fourth-order valence-electron chi connectivity index (χ4n) is 0.0577. The smallest absolute Gasteiger partial charge is 0.228 e. The minimum Gasteiger partial charge on any atom is -0.368 e. The highest BCUT2D eigenvalue weighted by atomic mass is 14.8. The number of aliphatic imine (C=N–C) groups is 1. The third-order valence-electron chi connectivity index (χ3n) is 0.173. The van der Waals surface area contributed by atoms with Crippen LogP contribution in [0.1, 0.15) is 0 Å². The van der Waals surface area contributed by atoms with Crippen LogP contribution in [-0.2, 0) is 0 Å². The summed E-state index contributed by atoms with van der Waals surface area (Å²) in [6, 6.07) is 0. The molecule has 0 aromatic heterocycles. The lowest BCUT2D eigenvalue weighted by atomic mass is 11.2. The van der Waals surface area contributed by atoms with Crippen molar-refractivity contribution < 1.29 is 0 Å². The molecule has 0 spiro atoms. The van der Waals surface area contributed by atoms with E-state index in [9.17, 15) is 0 Å². The van der Waals surface area contributed by atoms with Gasteiger partial charge in [0.15, 0.2) is 0 Å². The highest BCUT2D eigenvalue weighted by Crippen LogP contribution is 1.48. The van der Waals surface area contributed by atoms with Crippen LogP contribution in [0, 0.1) is 6.57 Å². The Bertz CT molecular complexity index is 67.5. The number of hydrogen-bond donors (Lipinski definition) is 0. The monoisotopic (exact) mass is 68.0 g/mol.